The van der Waals surface area contributed by atoms with E-state index in [0.717, 1.165) is 12.8 Å². The molecule has 1 unspecified atom stereocenters. The first-order valence-electron chi connectivity index (χ1n) is 5.93. The van der Waals surface area contributed by atoms with E-state index in [1.807, 2.05) is 36.0 Å². The Kier molecular flexibility index (Phi) is 4.17. The Labute approximate surface area is 101 Å². The van der Waals surface area contributed by atoms with Gasteiger partial charge in [0.1, 0.15) is 6.04 Å². The van der Waals surface area contributed by atoms with E-state index >= 15 is 0 Å². The number of carbonyl (C=O) groups is 1. The average molecular weight is 238 g/mol. The Morgan fingerprint density at radius 2 is 2.06 bits per heavy atom. The van der Waals surface area contributed by atoms with Crippen LogP contribution in [-0.4, -0.2) is 29.8 Å². The molecule has 0 radical (unpaired) electrons. The van der Waals surface area contributed by atoms with E-state index in [-0.39, 0.29) is 18.1 Å². The van der Waals surface area contributed by atoms with Crippen LogP contribution in [0, 0.1) is 0 Å². The van der Waals surface area contributed by atoms with Gasteiger partial charge in [0.05, 0.1) is 6.10 Å². The summed E-state index contributed by atoms with van der Waals surface area (Å²) in [5.74, 6) is -0.132. The van der Waals surface area contributed by atoms with Crippen LogP contribution >= 0.6 is 0 Å². The zero-order valence-electron chi connectivity index (χ0n) is 9.96. The Hall–Kier alpha value is -1.33. The number of hydrogen-bond acceptors (Lipinski definition) is 3. The van der Waals surface area contributed by atoms with Gasteiger partial charge in [0, 0.05) is 25.6 Å². The van der Waals surface area contributed by atoms with Crippen molar-refractivity contribution in [1.82, 2.24) is 10.0 Å². The van der Waals surface area contributed by atoms with Crippen molar-refractivity contribution >= 4 is 5.91 Å². The molecule has 94 valence electrons. The van der Waals surface area contributed by atoms with E-state index in [4.69, 9.17) is 9.57 Å². The van der Waals surface area contributed by atoms with Crippen molar-refractivity contribution in [2.45, 2.75) is 31.9 Å². The van der Waals surface area contributed by atoms with Crippen molar-refractivity contribution in [1.29, 1.82) is 0 Å². The molecule has 5 nitrogen and oxygen atoms in total. The lowest BCUT2D eigenvalue weighted by Gasteiger charge is -2.23. The summed E-state index contributed by atoms with van der Waals surface area (Å²) in [4.78, 5) is 17.2. The molecule has 1 atom stereocenters. The molecule has 1 fully saturated rings. The Bertz CT molecular complexity index is 345. The lowest BCUT2D eigenvalue weighted by molar-refractivity contribution is -0.146. The molecule has 0 bridgehead atoms. The number of hydroxylamine groups is 1. The average Bonchev–Trinajstić information content (AvgIpc) is 2.90. The van der Waals surface area contributed by atoms with Crippen LogP contribution in [0.2, 0.25) is 0 Å². The number of carbonyl (C=O) groups excluding carboxylic acids is 1. The molecule has 1 saturated heterocycles. The summed E-state index contributed by atoms with van der Waals surface area (Å²) >= 11 is 0. The highest BCUT2D eigenvalue weighted by molar-refractivity contribution is 5.78. The molecule has 0 aliphatic carbocycles. The van der Waals surface area contributed by atoms with E-state index in [2.05, 4.69) is 5.48 Å². The molecule has 1 amide bonds. The highest BCUT2D eigenvalue weighted by Gasteiger charge is 2.18. The van der Waals surface area contributed by atoms with Crippen molar-refractivity contribution < 1.29 is 14.4 Å². The van der Waals surface area contributed by atoms with Crippen molar-refractivity contribution in [2.24, 2.45) is 0 Å². The van der Waals surface area contributed by atoms with Gasteiger partial charge in [0.25, 0.3) is 5.91 Å². The van der Waals surface area contributed by atoms with Gasteiger partial charge >= 0.3 is 0 Å². The van der Waals surface area contributed by atoms with E-state index in [0.29, 0.717) is 13.2 Å². The number of ether oxygens (including phenoxy) is 1. The van der Waals surface area contributed by atoms with E-state index in [1.165, 1.54) is 0 Å². The maximum absolute atomic E-state index is 11.8. The molecule has 1 aromatic heterocycles. The summed E-state index contributed by atoms with van der Waals surface area (Å²) in [6.07, 6.45) is 5.46. The van der Waals surface area contributed by atoms with Gasteiger partial charge in [0.15, 0.2) is 0 Å². The molecule has 1 N–H and O–H groups in total. The number of hydrogen-bond donors (Lipinski definition) is 1. The molecule has 5 heteroatoms. The fraction of sp³-hybridized carbons (Fsp3) is 0.583. The summed E-state index contributed by atoms with van der Waals surface area (Å²) in [6, 6.07) is 3.52. The number of aromatic nitrogens is 1. The predicted molar refractivity (Wildman–Crippen MR) is 62.2 cm³/mol. The third-order valence-corrected chi connectivity index (χ3v) is 2.95. The highest BCUT2D eigenvalue weighted by atomic mass is 16.7. The lowest BCUT2D eigenvalue weighted by Crippen LogP contribution is -2.36. The minimum atomic E-state index is -0.259. The molecular formula is C12H18N2O3. The molecule has 1 aromatic rings. The number of amides is 1. The fourth-order valence-corrected chi connectivity index (χ4v) is 1.76. The lowest BCUT2D eigenvalue weighted by atomic mass is 10.2. The zero-order valence-corrected chi connectivity index (χ0v) is 9.96. The van der Waals surface area contributed by atoms with Gasteiger partial charge in [0.2, 0.25) is 0 Å². The Morgan fingerprint density at radius 3 is 2.71 bits per heavy atom. The SMILES string of the molecule is CC(C(=O)NOC1CCOCC1)n1cccc1. The van der Waals surface area contributed by atoms with Gasteiger partial charge < -0.3 is 9.30 Å². The third-order valence-electron chi connectivity index (χ3n) is 2.95. The second-order valence-corrected chi connectivity index (χ2v) is 4.20. The minimum Gasteiger partial charge on any atom is -0.381 e. The molecule has 1 aliphatic heterocycles. The summed E-state index contributed by atoms with van der Waals surface area (Å²) in [6.45, 7) is 3.24. The van der Waals surface area contributed by atoms with Gasteiger partial charge in [-0.2, -0.15) is 0 Å². The van der Waals surface area contributed by atoms with E-state index < -0.39 is 0 Å². The quantitative estimate of drug-likeness (QED) is 0.804. The van der Waals surface area contributed by atoms with Crippen molar-refractivity contribution in [3.05, 3.63) is 24.5 Å². The van der Waals surface area contributed by atoms with Crippen molar-refractivity contribution in [3.63, 3.8) is 0 Å². The first-order valence-corrected chi connectivity index (χ1v) is 5.93. The molecule has 0 aromatic carbocycles. The topological polar surface area (TPSA) is 52.5 Å². The van der Waals surface area contributed by atoms with Crippen molar-refractivity contribution in [2.75, 3.05) is 13.2 Å². The smallest absolute Gasteiger partial charge is 0.266 e. The molecule has 2 heterocycles. The molecule has 2 rings (SSSR count). The number of rotatable bonds is 4. The largest absolute Gasteiger partial charge is 0.381 e. The Balaban J connectivity index is 1.76. The highest BCUT2D eigenvalue weighted by Crippen LogP contribution is 2.10. The van der Waals surface area contributed by atoms with E-state index in [1.54, 1.807) is 0 Å². The summed E-state index contributed by atoms with van der Waals surface area (Å²) in [5, 5.41) is 0. The van der Waals surface area contributed by atoms with Gasteiger partial charge in [-0.05, 0) is 31.9 Å². The second kappa shape index (κ2) is 5.84. The number of nitrogens with one attached hydrogen (secondary N) is 1. The summed E-state index contributed by atoms with van der Waals surface area (Å²) in [7, 11) is 0. The van der Waals surface area contributed by atoms with Crippen LogP contribution in [0.5, 0.6) is 0 Å². The van der Waals surface area contributed by atoms with Crippen LogP contribution in [0.25, 0.3) is 0 Å². The Morgan fingerprint density at radius 1 is 1.41 bits per heavy atom. The molecular weight excluding hydrogens is 220 g/mol. The first-order chi connectivity index (χ1) is 8.27. The van der Waals surface area contributed by atoms with E-state index in [9.17, 15) is 4.79 Å². The molecule has 0 saturated carbocycles. The van der Waals surface area contributed by atoms with Crippen LogP contribution in [0.1, 0.15) is 25.8 Å². The molecule has 0 spiro atoms. The third kappa shape index (κ3) is 3.31. The second-order valence-electron chi connectivity index (χ2n) is 4.20. The first kappa shape index (κ1) is 12.1. The van der Waals surface area contributed by atoms with Crippen LogP contribution in [0.4, 0.5) is 0 Å². The van der Waals surface area contributed by atoms with Gasteiger partial charge in [-0.3, -0.25) is 9.63 Å². The monoisotopic (exact) mass is 238 g/mol. The van der Waals surface area contributed by atoms with Crippen LogP contribution in [-0.2, 0) is 14.4 Å². The normalized spacial score (nSPS) is 18.9. The fourth-order valence-electron chi connectivity index (χ4n) is 1.76. The minimum absolute atomic E-state index is 0.0737. The van der Waals surface area contributed by atoms with Crippen molar-refractivity contribution in [3.8, 4) is 0 Å². The number of nitrogens with zero attached hydrogens (tertiary/aromatic N) is 1. The molecule has 17 heavy (non-hydrogen) atoms. The summed E-state index contributed by atoms with van der Waals surface area (Å²) in [5.41, 5.74) is 2.53. The maximum atomic E-state index is 11.8. The van der Waals surface area contributed by atoms with Gasteiger partial charge in [-0.25, -0.2) is 5.48 Å². The van der Waals surface area contributed by atoms with Gasteiger partial charge in [-0.1, -0.05) is 0 Å². The zero-order chi connectivity index (χ0) is 12.1. The van der Waals surface area contributed by atoms with Gasteiger partial charge in [-0.15, -0.1) is 0 Å². The predicted octanol–water partition coefficient (Wildman–Crippen LogP) is 1.28. The standard InChI is InChI=1S/C12H18N2O3/c1-10(14-6-2-3-7-14)12(15)13-17-11-4-8-16-9-5-11/h2-3,6-7,10-11H,4-5,8-9H2,1H3,(H,13,15). The van der Waals surface area contributed by atoms with Crippen LogP contribution in [0.3, 0.4) is 0 Å². The summed E-state index contributed by atoms with van der Waals surface area (Å²) < 4.78 is 7.05. The molecule has 1 aliphatic rings. The van der Waals surface area contributed by atoms with Crippen LogP contribution in [0.15, 0.2) is 24.5 Å². The maximum Gasteiger partial charge on any atom is 0.266 e. The van der Waals surface area contributed by atoms with Crippen LogP contribution < -0.4 is 5.48 Å².